The van der Waals surface area contributed by atoms with E-state index in [-0.39, 0.29) is 24.4 Å². The molecule has 2 atom stereocenters. The number of rotatable bonds is 9. The first kappa shape index (κ1) is 23.0. The molecule has 1 aromatic carbocycles. The molecule has 2 heterocycles. The summed E-state index contributed by atoms with van der Waals surface area (Å²) in [6, 6.07) is 8.56. The van der Waals surface area contributed by atoms with E-state index in [0.717, 1.165) is 70.8 Å². The maximum Gasteiger partial charge on any atom is 0.237 e. The van der Waals surface area contributed by atoms with E-state index in [0.29, 0.717) is 5.92 Å². The van der Waals surface area contributed by atoms with E-state index in [1.165, 1.54) is 18.4 Å². The number of likely N-dealkylation sites (tertiary alicyclic amines) is 1. The molecule has 0 aliphatic carbocycles. The summed E-state index contributed by atoms with van der Waals surface area (Å²) in [7, 11) is 0. The van der Waals surface area contributed by atoms with Crippen molar-refractivity contribution in [1.82, 2.24) is 15.5 Å². The number of benzene rings is 1. The Morgan fingerprint density at radius 3 is 2.79 bits per heavy atom. The van der Waals surface area contributed by atoms with Crippen molar-refractivity contribution in [2.75, 3.05) is 32.8 Å². The van der Waals surface area contributed by atoms with E-state index < -0.39 is 0 Å². The molecule has 1 aromatic rings. The summed E-state index contributed by atoms with van der Waals surface area (Å²) < 4.78 is 5.75. The molecule has 158 valence electrons. The number of ether oxygens (including phenoxy) is 1. The van der Waals surface area contributed by atoms with E-state index >= 15 is 0 Å². The number of carbonyl (C=O) groups excluding carboxylic acids is 1. The molecule has 0 bridgehead atoms. The minimum Gasteiger partial charge on any atom is -0.494 e. The van der Waals surface area contributed by atoms with Gasteiger partial charge in [0.05, 0.1) is 12.6 Å². The summed E-state index contributed by atoms with van der Waals surface area (Å²) >= 11 is 0. The van der Waals surface area contributed by atoms with Crippen molar-refractivity contribution in [3.05, 3.63) is 29.8 Å². The molecule has 2 fully saturated rings. The molecule has 28 heavy (non-hydrogen) atoms. The van der Waals surface area contributed by atoms with Gasteiger partial charge < -0.3 is 15.4 Å². The lowest BCUT2D eigenvalue weighted by Crippen LogP contribution is -2.45. The van der Waals surface area contributed by atoms with Crippen LogP contribution in [0.2, 0.25) is 0 Å². The van der Waals surface area contributed by atoms with E-state index in [2.05, 4.69) is 46.7 Å². The van der Waals surface area contributed by atoms with Gasteiger partial charge in [-0.1, -0.05) is 25.5 Å². The van der Waals surface area contributed by atoms with Gasteiger partial charge in [0, 0.05) is 19.6 Å². The minimum absolute atomic E-state index is 0. The van der Waals surface area contributed by atoms with Crippen molar-refractivity contribution < 1.29 is 9.53 Å². The molecule has 0 radical (unpaired) electrons. The van der Waals surface area contributed by atoms with Crippen LogP contribution in [0.25, 0.3) is 0 Å². The maximum atomic E-state index is 12.2. The number of hydrogen-bond acceptors (Lipinski definition) is 4. The largest absolute Gasteiger partial charge is 0.494 e. The maximum absolute atomic E-state index is 12.2. The molecule has 2 aliphatic rings. The van der Waals surface area contributed by atoms with Crippen LogP contribution in [0.1, 0.15) is 51.0 Å². The predicted octanol–water partition coefficient (Wildman–Crippen LogP) is 3.37. The second-order valence-corrected chi connectivity index (χ2v) is 7.98. The quantitative estimate of drug-likeness (QED) is 0.614. The highest BCUT2D eigenvalue weighted by Crippen LogP contribution is 2.20. The zero-order valence-corrected chi connectivity index (χ0v) is 17.9. The fraction of sp³-hybridized carbons (Fsp3) is 0.682. The Labute approximate surface area is 176 Å². The third-order valence-electron chi connectivity index (χ3n) is 5.64. The van der Waals surface area contributed by atoms with Gasteiger partial charge in [0.1, 0.15) is 5.75 Å². The molecule has 0 aromatic heterocycles. The summed E-state index contributed by atoms with van der Waals surface area (Å²) in [5, 5.41) is 6.44. The lowest BCUT2D eigenvalue weighted by molar-refractivity contribution is -0.123. The summed E-state index contributed by atoms with van der Waals surface area (Å²) in [4.78, 5) is 14.7. The first-order valence-corrected chi connectivity index (χ1v) is 10.7. The lowest BCUT2D eigenvalue weighted by Gasteiger charge is -2.33. The van der Waals surface area contributed by atoms with Crippen LogP contribution in [0.4, 0.5) is 0 Å². The van der Waals surface area contributed by atoms with Crippen LogP contribution in [0.15, 0.2) is 24.3 Å². The van der Waals surface area contributed by atoms with Gasteiger partial charge in [-0.15, -0.1) is 12.4 Å². The fourth-order valence-electron chi connectivity index (χ4n) is 4.02. The van der Waals surface area contributed by atoms with Gasteiger partial charge in [0.15, 0.2) is 0 Å². The topological polar surface area (TPSA) is 53.6 Å². The van der Waals surface area contributed by atoms with Crippen molar-refractivity contribution in [1.29, 1.82) is 0 Å². The van der Waals surface area contributed by atoms with Crippen molar-refractivity contribution in [2.24, 2.45) is 5.92 Å². The van der Waals surface area contributed by atoms with Crippen LogP contribution in [0.5, 0.6) is 5.75 Å². The van der Waals surface area contributed by atoms with Gasteiger partial charge in [0.25, 0.3) is 0 Å². The Balaban J connectivity index is 0.00000280. The monoisotopic (exact) mass is 409 g/mol. The molecule has 6 heteroatoms. The zero-order valence-electron chi connectivity index (χ0n) is 17.1. The minimum atomic E-state index is 0. The molecule has 3 rings (SSSR count). The Morgan fingerprint density at radius 2 is 2.07 bits per heavy atom. The van der Waals surface area contributed by atoms with Gasteiger partial charge in [-0.25, -0.2) is 0 Å². The predicted molar refractivity (Wildman–Crippen MR) is 116 cm³/mol. The number of nitrogens with zero attached hydrogens (tertiary/aromatic N) is 1. The number of carbonyl (C=O) groups is 1. The van der Waals surface area contributed by atoms with Crippen molar-refractivity contribution >= 4 is 18.3 Å². The molecule has 2 saturated heterocycles. The fourth-order valence-corrected chi connectivity index (χ4v) is 4.02. The van der Waals surface area contributed by atoms with Crippen molar-refractivity contribution in [2.45, 2.75) is 58.0 Å². The molecule has 1 amide bonds. The third kappa shape index (κ3) is 7.26. The highest BCUT2D eigenvalue weighted by molar-refractivity contribution is 5.85. The van der Waals surface area contributed by atoms with E-state index in [4.69, 9.17) is 4.74 Å². The molecule has 5 nitrogen and oxygen atoms in total. The first-order chi connectivity index (χ1) is 13.2. The van der Waals surface area contributed by atoms with Crippen LogP contribution in [-0.2, 0) is 11.3 Å². The normalized spacial score (nSPS) is 22.5. The van der Waals surface area contributed by atoms with E-state index in [9.17, 15) is 4.79 Å². The van der Waals surface area contributed by atoms with Gasteiger partial charge >= 0.3 is 0 Å². The molecule has 0 saturated carbocycles. The van der Waals surface area contributed by atoms with Crippen LogP contribution in [0, 0.1) is 5.92 Å². The molecule has 2 N–H and O–H groups in total. The third-order valence-corrected chi connectivity index (χ3v) is 5.64. The molecule has 0 spiro atoms. The van der Waals surface area contributed by atoms with Gasteiger partial charge in [-0.2, -0.15) is 0 Å². The van der Waals surface area contributed by atoms with E-state index in [1.807, 2.05) is 0 Å². The zero-order chi connectivity index (χ0) is 18.9. The molecular formula is C22H36ClN3O2. The van der Waals surface area contributed by atoms with Gasteiger partial charge in [-0.05, 0) is 68.8 Å². The van der Waals surface area contributed by atoms with Gasteiger partial charge in [-0.3, -0.25) is 9.69 Å². The van der Waals surface area contributed by atoms with E-state index in [1.54, 1.807) is 0 Å². The second-order valence-electron chi connectivity index (χ2n) is 7.98. The number of piperidine rings is 1. The SMILES string of the molecule is CCCCOc1ccc(CN2CCCC(CNC(=O)C3CCCN3)C2)cc1.Cl. The van der Waals surface area contributed by atoms with Crippen LogP contribution in [-0.4, -0.2) is 49.6 Å². The summed E-state index contributed by atoms with van der Waals surface area (Å²) in [5.41, 5.74) is 1.33. The summed E-state index contributed by atoms with van der Waals surface area (Å²) in [6.45, 7) is 7.93. The Kier molecular flexibility index (Phi) is 10.1. The highest BCUT2D eigenvalue weighted by atomic mass is 35.5. The van der Waals surface area contributed by atoms with Crippen LogP contribution < -0.4 is 15.4 Å². The number of nitrogens with one attached hydrogen (secondary N) is 2. The average molecular weight is 410 g/mol. The van der Waals surface area contributed by atoms with Crippen LogP contribution >= 0.6 is 12.4 Å². The number of halogens is 1. The number of unbranched alkanes of at least 4 members (excludes halogenated alkanes) is 1. The molecule has 2 aliphatic heterocycles. The summed E-state index contributed by atoms with van der Waals surface area (Å²) in [6.07, 6.45) is 6.76. The first-order valence-electron chi connectivity index (χ1n) is 10.7. The second kappa shape index (κ2) is 12.3. The van der Waals surface area contributed by atoms with Gasteiger partial charge in [0.2, 0.25) is 5.91 Å². The number of hydrogen-bond donors (Lipinski definition) is 2. The molecular weight excluding hydrogens is 374 g/mol. The lowest BCUT2D eigenvalue weighted by atomic mass is 9.97. The summed E-state index contributed by atoms with van der Waals surface area (Å²) in [5.74, 6) is 1.70. The number of amides is 1. The van der Waals surface area contributed by atoms with Crippen molar-refractivity contribution in [3.63, 3.8) is 0 Å². The van der Waals surface area contributed by atoms with Crippen molar-refractivity contribution in [3.8, 4) is 5.75 Å². The Hall–Kier alpha value is -1.30. The van der Waals surface area contributed by atoms with Crippen LogP contribution in [0.3, 0.4) is 0 Å². The average Bonchev–Trinajstić information content (AvgIpc) is 3.23. The highest BCUT2D eigenvalue weighted by Gasteiger charge is 2.24. The smallest absolute Gasteiger partial charge is 0.237 e. The Bertz CT molecular complexity index is 576. The molecule has 2 unspecified atom stereocenters. The standard InChI is InChI=1S/C22H35N3O2.ClH/c1-2-3-14-27-20-10-8-18(9-11-20)16-25-13-5-6-19(17-25)15-24-22(26)21-7-4-12-23-21;/h8-11,19,21,23H,2-7,12-17H2,1H3,(H,24,26);1H. The Morgan fingerprint density at radius 1 is 1.25 bits per heavy atom.